The smallest absolute Gasteiger partial charge is 0.0929 e. The van der Waals surface area contributed by atoms with Crippen molar-refractivity contribution in [2.24, 2.45) is 0 Å². The molecule has 1 aromatic carbocycles. The first-order valence-corrected chi connectivity index (χ1v) is 4.48. The topological polar surface area (TPSA) is 49.6 Å². The zero-order valence-corrected chi connectivity index (χ0v) is 7.64. The number of hydrogen-bond donors (Lipinski definition) is 0. The van der Waals surface area contributed by atoms with E-state index < -0.39 is 0 Å². The van der Waals surface area contributed by atoms with Gasteiger partial charge in [0, 0.05) is 18.2 Å². The maximum atomic E-state index is 8.44. The van der Waals surface area contributed by atoms with Gasteiger partial charge in [0.05, 0.1) is 17.3 Å². The van der Waals surface area contributed by atoms with E-state index in [2.05, 4.69) is 16.3 Å². The van der Waals surface area contributed by atoms with Crippen LogP contribution in [0.15, 0.2) is 30.3 Å². The molecule has 3 heteroatoms. The Balaban J connectivity index is 2.37. The fraction of sp³-hybridized carbons (Fsp3) is 0.182. The highest BCUT2D eigenvalue weighted by atomic mass is 15.1. The summed E-state index contributed by atoms with van der Waals surface area (Å²) in [6.07, 6.45) is 1.17. The number of fused-ring (bicyclic) bond motifs is 1. The number of rotatable bonds is 2. The quantitative estimate of drug-likeness (QED) is 0.716. The molecule has 0 atom stereocenters. The molecule has 0 aliphatic carbocycles. The number of hydrogen-bond acceptors (Lipinski definition) is 3. The van der Waals surface area contributed by atoms with E-state index in [4.69, 9.17) is 5.26 Å². The third-order valence-corrected chi connectivity index (χ3v) is 2.04. The summed E-state index contributed by atoms with van der Waals surface area (Å²) in [5.74, 6) is 0. The molecule has 2 rings (SSSR count). The van der Waals surface area contributed by atoms with E-state index in [1.54, 1.807) is 0 Å². The predicted molar refractivity (Wildman–Crippen MR) is 53.5 cm³/mol. The molecule has 0 N–H and O–H groups in total. The summed E-state index contributed by atoms with van der Waals surface area (Å²) in [6.45, 7) is 0. The SMILES string of the molecule is N#CCCc1cc2ccccc2nn1. The number of aromatic nitrogens is 2. The first kappa shape index (κ1) is 8.64. The number of nitriles is 1. The summed E-state index contributed by atoms with van der Waals surface area (Å²) in [7, 11) is 0. The minimum Gasteiger partial charge on any atom is -0.198 e. The van der Waals surface area contributed by atoms with Gasteiger partial charge in [-0.3, -0.25) is 0 Å². The summed E-state index contributed by atoms with van der Waals surface area (Å²) in [5, 5.41) is 17.6. The van der Waals surface area contributed by atoms with Crippen LogP contribution in [0, 0.1) is 11.3 Å². The lowest BCUT2D eigenvalue weighted by Crippen LogP contribution is -1.92. The van der Waals surface area contributed by atoms with Crippen LogP contribution in [0.1, 0.15) is 12.1 Å². The van der Waals surface area contributed by atoms with E-state index in [0.29, 0.717) is 12.8 Å². The van der Waals surface area contributed by atoms with Crippen LogP contribution >= 0.6 is 0 Å². The van der Waals surface area contributed by atoms with Gasteiger partial charge in [-0.25, -0.2) is 0 Å². The minimum absolute atomic E-state index is 0.493. The van der Waals surface area contributed by atoms with E-state index >= 15 is 0 Å². The molecule has 68 valence electrons. The summed E-state index contributed by atoms with van der Waals surface area (Å²) >= 11 is 0. The Morgan fingerprint density at radius 2 is 2.07 bits per heavy atom. The van der Waals surface area contributed by atoms with Crippen molar-refractivity contribution in [3.8, 4) is 6.07 Å². The fourth-order valence-corrected chi connectivity index (χ4v) is 1.33. The van der Waals surface area contributed by atoms with Crippen molar-refractivity contribution in [2.75, 3.05) is 0 Å². The van der Waals surface area contributed by atoms with E-state index in [1.807, 2.05) is 30.3 Å². The lowest BCUT2D eigenvalue weighted by molar-refractivity contribution is 0.898. The Morgan fingerprint density at radius 1 is 1.21 bits per heavy atom. The van der Waals surface area contributed by atoms with Crippen LogP contribution in [0.3, 0.4) is 0 Å². The molecule has 3 nitrogen and oxygen atoms in total. The molecule has 0 fully saturated rings. The Morgan fingerprint density at radius 3 is 2.93 bits per heavy atom. The van der Waals surface area contributed by atoms with Crippen LogP contribution in [0.25, 0.3) is 10.9 Å². The highest BCUT2D eigenvalue weighted by Gasteiger charge is 1.98. The third kappa shape index (κ3) is 1.69. The third-order valence-electron chi connectivity index (χ3n) is 2.04. The lowest BCUT2D eigenvalue weighted by Gasteiger charge is -1.98. The maximum absolute atomic E-state index is 8.44. The second-order valence-electron chi connectivity index (χ2n) is 3.05. The van der Waals surface area contributed by atoms with Gasteiger partial charge in [-0.1, -0.05) is 18.2 Å². The van der Waals surface area contributed by atoms with Crippen molar-refractivity contribution < 1.29 is 0 Å². The van der Waals surface area contributed by atoms with Gasteiger partial charge in [0.1, 0.15) is 0 Å². The Kier molecular flexibility index (Phi) is 2.37. The lowest BCUT2D eigenvalue weighted by atomic mass is 10.2. The average Bonchev–Trinajstić information content (AvgIpc) is 2.26. The molecule has 0 aliphatic rings. The molecular weight excluding hydrogens is 174 g/mol. The van der Waals surface area contributed by atoms with Crippen LogP contribution in [0.4, 0.5) is 0 Å². The van der Waals surface area contributed by atoms with Crippen LogP contribution in [-0.2, 0) is 6.42 Å². The standard InChI is InChI=1S/C11H9N3/c12-7-3-5-10-8-9-4-1-2-6-11(9)14-13-10/h1-2,4,6,8H,3,5H2. The van der Waals surface area contributed by atoms with Crippen molar-refractivity contribution in [3.63, 3.8) is 0 Å². The van der Waals surface area contributed by atoms with Crippen molar-refractivity contribution in [1.82, 2.24) is 10.2 Å². The molecule has 0 unspecified atom stereocenters. The van der Waals surface area contributed by atoms with Gasteiger partial charge >= 0.3 is 0 Å². The summed E-state index contributed by atoms with van der Waals surface area (Å²) in [4.78, 5) is 0. The van der Waals surface area contributed by atoms with Crippen LogP contribution in [-0.4, -0.2) is 10.2 Å². The molecule has 0 amide bonds. The molecular formula is C11H9N3. The second kappa shape index (κ2) is 3.84. The normalized spacial score (nSPS) is 9.93. The molecule has 0 aliphatic heterocycles. The van der Waals surface area contributed by atoms with Crippen molar-refractivity contribution >= 4 is 10.9 Å². The molecule has 0 bridgehead atoms. The summed E-state index contributed by atoms with van der Waals surface area (Å²) < 4.78 is 0. The fourth-order valence-electron chi connectivity index (χ4n) is 1.33. The molecule has 14 heavy (non-hydrogen) atoms. The maximum Gasteiger partial charge on any atom is 0.0929 e. The van der Waals surface area contributed by atoms with Gasteiger partial charge < -0.3 is 0 Å². The first-order chi connectivity index (χ1) is 6.90. The summed E-state index contributed by atoms with van der Waals surface area (Å²) in [6, 6.07) is 11.9. The Labute approximate surface area is 82.0 Å². The molecule has 0 radical (unpaired) electrons. The van der Waals surface area contributed by atoms with Crippen LogP contribution in [0.2, 0.25) is 0 Å². The number of benzene rings is 1. The van der Waals surface area contributed by atoms with Gasteiger partial charge in [0.15, 0.2) is 0 Å². The van der Waals surface area contributed by atoms with Gasteiger partial charge in [0.25, 0.3) is 0 Å². The molecule has 0 saturated carbocycles. The highest BCUT2D eigenvalue weighted by molar-refractivity contribution is 5.77. The van der Waals surface area contributed by atoms with Gasteiger partial charge in [-0.15, -0.1) is 0 Å². The largest absolute Gasteiger partial charge is 0.198 e. The van der Waals surface area contributed by atoms with Gasteiger partial charge in [0.2, 0.25) is 0 Å². The average molecular weight is 183 g/mol. The Bertz CT molecular complexity index is 485. The second-order valence-corrected chi connectivity index (χ2v) is 3.05. The predicted octanol–water partition coefficient (Wildman–Crippen LogP) is 2.09. The van der Waals surface area contributed by atoms with E-state index in [-0.39, 0.29) is 0 Å². The van der Waals surface area contributed by atoms with Crippen LogP contribution < -0.4 is 0 Å². The van der Waals surface area contributed by atoms with Crippen molar-refractivity contribution in [3.05, 3.63) is 36.0 Å². The zero-order chi connectivity index (χ0) is 9.80. The summed E-state index contributed by atoms with van der Waals surface area (Å²) in [5.41, 5.74) is 1.78. The van der Waals surface area contributed by atoms with E-state index in [0.717, 1.165) is 16.6 Å². The Hall–Kier alpha value is -1.95. The number of nitrogens with zero attached hydrogens (tertiary/aromatic N) is 3. The minimum atomic E-state index is 0.493. The van der Waals surface area contributed by atoms with E-state index in [9.17, 15) is 0 Å². The van der Waals surface area contributed by atoms with Crippen molar-refractivity contribution in [2.45, 2.75) is 12.8 Å². The molecule has 1 heterocycles. The molecule has 0 spiro atoms. The monoisotopic (exact) mass is 183 g/mol. The van der Waals surface area contributed by atoms with E-state index in [1.165, 1.54) is 0 Å². The molecule has 0 saturated heterocycles. The first-order valence-electron chi connectivity index (χ1n) is 4.48. The van der Waals surface area contributed by atoms with Gasteiger partial charge in [-0.2, -0.15) is 15.5 Å². The van der Waals surface area contributed by atoms with Crippen LogP contribution in [0.5, 0.6) is 0 Å². The number of aryl methyl sites for hydroxylation is 1. The highest BCUT2D eigenvalue weighted by Crippen LogP contribution is 2.11. The zero-order valence-electron chi connectivity index (χ0n) is 7.64. The molecule has 2 aromatic rings. The van der Waals surface area contributed by atoms with Crippen molar-refractivity contribution in [1.29, 1.82) is 5.26 Å². The van der Waals surface area contributed by atoms with Gasteiger partial charge in [-0.05, 0) is 12.1 Å². The molecule has 1 aromatic heterocycles.